The summed E-state index contributed by atoms with van der Waals surface area (Å²) in [6.07, 6.45) is 5.88. The van der Waals surface area contributed by atoms with Gasteiger partial charge in [0.2, 0.25) is 0 Å². The Morgan fingerprint density at radius 2 is 2.05 bits per heavy atom. The van der Waals surface area contributed by atoms with Crippen molar-refractivity contribution in [1.82, 2.24) is 15.3 Å². The molecule has 0 saturated heterocycles. The second-order valence-electron chi connectivity index (χ2n) is 5.19. The lowest BCUT2D eigenvalue weighted by atomic mass is 10.2. The lowest BCUT2D eigenvalue weighted by molar-refractivity contribution is 0.673. The first-order valence-electron chi connectivity index (χ1n) is 7.56. The van der Waals surface area contributed by atoms with Crippen molar-refractivity contribution in [2.24, 2.45) is 0 Å². The van der Waals surface area contributed by atoms with Gasteiger partial charge in [0, 0.05) is 44.6 Å². The van der Waals surface area contributed by atoms with Crippen molar-refractivity contribution in [3.8, 4) is 0 Å². The van der Waals surface area contributed by atoms with E-state index in [1.54, 1.807) is 0 Å². The molecule has 0 amide bonds. The maximum atomic E-state index is 4.54. The van der Waals surface area contributed by atoms with Crippen molar-refractivity contribution in [2.45, 2.75) is 26.3 Å². The average Bonchev–Trinajstić information content (AvgIpc) is 2.54. The Hall–Kier alpha value is -1.94. The molecule has 21 heavy (non-hydrogen) atoms. The zero-order valence-electron chi connectivity index (χ0n) is 12.9. The minimum Gasteiger partial charge on any atom is -0.359 e. The molecule has 0 aliphatic heterocycles. The van der Waals surface area contributed by atoms with Gasteiger partial charge in [-0.2, -0.15) is 0 Å². The van der Waals surface area contributed by atoms with E-state index in [2.05, 4.69) is 52.4 Å². The molecule has 0 saturated carbocycles. The monoisotopic (exact) mass is 284 g/mol. The first-order chi connectivity index (χ1) is 10.3. The molecule has 2 rings (SSSR count). The fourth-order valence-corrected chi connectivity index (χ4v) is 2.10. The molecule has 2 aromatic rings. The van der Waals surface area contributed by atoms with Crippen LogP contribution in [0.5, 0.6) is 0 Å². The third kappa shape index (κ3) is 5.16. The number of anilines is 1. The van der Waals surface area contributed by atoms with E-state index >= 15 is 0 Å². The molecule has 2 heterocycles. The predicted octanol–water partition coefficient (Wildman–Crippen LogP) is 2.66. The van der Waals surface area contributed by atoms with Crippen LogP contribution >= 0.6 is 0 Å². The lowest BCUT2D eigenvalue weighted by Crippen LogP contribution is -2.22. The smallest absolute Gasteiger partial charge is 0.128 e. The van der Waals surface area contributed by atoms with Crippen LogP contribution in [0.1, 0.15) is 24.6 Å². The van der Waals surface area contributed by atoms with Gasteiger partial charge in [-0.1, -0.05) is 19.1 Å². The van der Waals surface area contributed by atoms with Crippen LogP contribution in [-0.2, 0) is 13.0 Å². The second-order valence-corrected chi connectivity index (χ2v) is 5.19. The topological polar surface area (TPSA) is 41.0 Å². The molecule has 0 aromatic carbocycles. The van der Waals surface area contributed by atoms with E-state index in [1.807, 2.05) is 24.5 Å². The van der Waals surface area contributed by atoms with Crippen LogP contribution in [-0.4, -0.2) is 30.1 Å². The normalized spacial score (nSPS) is 10.6. The van der Waals surface area contributed by atoms with Crippen LogP contribution in [0.25, 0.3) is 0 Å². The SMILES string of the molecule is CCCNCc1ccc(N(C)CCc2ccccn2)nc1. The van der Waals surface area contributed by atoms with E-state index in [1.165, 1.54) is 5.56 Å². The molecule has 0 aliphatic rings. The van der Waals surface area contributed by atoms with E-state index in [9.17, 15) is 0 Å². The Morgan fingerprint density at radius 1 is 1.14 bits per heavy atom. The van der Waals surface area contributed by atoms with Gasteiger partial charge in [-0.3, -0.25) is 4.98 Å². The van der Waals surface area contributed by atoms with E-state index < -0.39 is 0 Å². The number of aromatic nitrogens is 2. The van der Waals surface area contributed by atoms with Gasteiger partial charge in [-0.05, 0) is 36.7 Å². The Balaban J connectivity index is 1.83. The summed E-state index contributed by atoms with van der Waals surface area (Å²) < 4.78 is 0. The van der Waals surface area contributed by atoms with Crippen LogP contribution < -0.4 is 10.2 Å². The molecule has 0 unspecified atom stereocenters. The van der Waals surface area contributed by atoms with Gasteiger partial charge < -0.3 is 10.2 Å². The first kappa shape index (κ1) is 15.4. The fraction of sp³-hybridized carbons (Fsp3) is 0.412. The fourth-order valence-electron chi connectivity index (χ4n) is 2.10. The van der Waals surface area contributed by atoms with Gasteiger partial charge in [0.05, 0.1) is 0 Å². The maximum Gasteiger partial charge on any atom is 0.128 e. The standard InChI is InChI=1S/C17H24N4/c1-3-10-18-13-15-7-8-17(20-14-15)21(2)12-9-16-6-4-5-11-19-16/h4-8,11,14,18H,3,9-10,12-13H2,1-2H3. The predicted molar refractivity (Wildman–Crippen MR) is 87.4 cm³/mol. The van der Waals surface area contributed by atoms with E-state index in [-0.39, 0.29) is 0 Å². The highest BCUT2D eigenvalue weighted by atomic mass is 15.2. The minimum absolute atomic E-state index is 0.888. The van der Waals surface area contributed by atoms with Crippen molar-refractivity contribution in [1.29, 1.82) is 0 Å². The molecule has 2 aromatic heterocycles. The third-order valence-electron chi connectivity index (χ3n) is 3.39. The molecule has 0 fully saturated rings. The number of likely N-dealkylation sites (N-methyl/N-ethyl adjacent to an activating group) is 1. The first-order valence-corrected chi connectivity index (χ1v) is 7.56. The second kappa shape index (κ2) is 8.37. The van der Waals surface area contributed by atoms with Crippen LogP contribution in [0.3, 0.4) is 0 Å². The molecule has 1 N–H and O–H groups in total. The quantitative estimate of drug-likeness (QED) is 0.757. The van der Waals surface area contributed by atoms with Crippen LogP contribution in [0.2, 0.25) is 0 Å². The Bertz CT molecular complexity index is 510. The summed E-state index contributed by atoms with van der Waals surface area (Å²) in [6.45, 7) is 5.02. The van der Waals surface area contributed by atoms with Crippen molar-refractivity contribution in [3.05, 3.63) is 54.0 Å². The van der Waals surface area contributed by atoms with Crippen molar-refractivity contribution in [3.63, 3.8) is 0 Å². The van der Waals surface area contributed by atoms with E-state index in [0.29, 0.717) is 0 Å². The molecule has 0 aliphatic carbocycles. The maximum absolute atomic E-state index is 4.54. The highest BCUT2D eigenvalue weighted by Gasteiger charge is 2.03. The number of nitrogens with zero attached hydrogens (tertiary/aromatic N) is 3. The molecule has 4 nitrogen and oxygen atoms in total. The van der Waals surface area contributed by atoms with Gasteiger partial charge in [0.1, 0.15) is 5.82 Å². The Kier molecular flexibility index (Phi) is 6.16. The number of rotatable bonds is 8. The number of nitrogens with one attached hydrogen (secondary N) is 1. The molecule has 112 valence electrons. The minimum atomic E-state index is 0.888. The zero-order chi connectivity index (χ0) is 14.9. The summed E-state index contributed by atoms with van der Waals surface area (Å²) in [4.78, 5) is 11.0. The molecular weight excluding hydrogens is 260 g/mol. The number of hydrogen-bond donors (Lipinski definition) is 1. The average molecular weight is 284 g/mol. The van der Waals surface area contributed by atoms with Crippen molar-refractivity contribution < 1.29 is 0 Å². The zero-order valence-corrected chi connectivity index (χ0v) is 12.9. The highest BCUT2D eigenvalue weighted by molar-refractivity contribution is 5.38. The van der Waals surface area contributed by atoms with Crippen LogP contribution in [0.4, 0.5) is 5.82 Å². The van der Waals surface area contributed by atoms with Crippen molar-refractivity contribution >= 4 is 5.82 Å². The molecule has 4 heteroatoms. The van der Waals surface area contributed by atoms with Gasteiger partial charge in [-0.15, -0.1) is 0 Å². The van der Waals surface area contributed by atoms with Crippen molar-refractivity contribution in [2.75, 3.05) is 25.0 Å². The largest absolute Gasteiger partial charge is 0.359 e. The summed E-state index contributed by atoms with van der Waals surface area (Å²) in [5.41, 5.74) is 2.34. The Morgan fingerprint density at radius 3 is 2.71 bits per heavy atom. The highest BCUT2D eigenvalue weighted by Crippen LogP contribution is 2.10. The third-order valence-corrected chi connectivity index (χ3v) is 3.39. The van der Waals surface area contributed by atoms with Gasteiger partial charge >= 0.3 is 0 Å². The van der Waals surface area contributed by atoms with Crippen LogP contribution in [0.15, 0.2) is 42.7 Å². The Labute approximate surface area is 127 Å². The summed E-state index contributed by atoms with van der Waals surface area (Å²) in [5, 5.41) is 3.38. The molecular formula is C17H24N4. The number of pyridine rings is 2. The molecule has 0 radical (unpaired) electrons. The van der Waals surface area contributed by atoms with Gasteiger partial charge in [-0.25, -0.2) is 4.98 Å². The number of hydrogen-bond acceptors (Lipinski definition) is 4. The lowest BCUT2D eigenvalue weighted by Gasteiger charge is -2.18. The molecule has 0 atom stereocenters. The molecule has 0 bridgehead atoms. The molecule has 0 spiro atoms. The summed E-state index contributed by atoms with van der Waals surface area (Å²) in [7, 11) is 2.07. The summed E-state index contributed by atoms with van der Waals surface area (Å²) >= 11 is 0. The summed E-state index contributed by atoms with van der Waals surface area (Å²) in [6, 6.07) is 10.3. The van der Waals surface area contributed by atoms with E-state index in [0.717, 1.165) is 44.0 Å². The summed E-state index contributed by atoms with van der Waals surface area (Å²) in [5.74, 6) is 1.00. The van der Waals surface area contributed by atoms with Gasteiger partial charge in [0.25, 0.3) is 0 Å². The van der Waals surface area contributed by atoms with Gasteiger partial charge in [0.15, 0.2) is 0 Å². The van der Waals surface area contributed by atoms with Crippen LogP contribution in [0, 0.1) is 0 Å². The van der Waals surface area contributed by atoms with E-state index in [4.69, 9.17) is 0 Å².